The van der Waals surface area contributed by atoms with Gasteiger partial charge < -0.3 is 4.90 Å². The molecule has 3 aromatic rings. The first-order chi connectivity index (χ1) is 15.3. The summed E-state index contributed by atoms with van der Waals surface area (Å²) in [5, 5.41) is 10.8. The highest BCUT2D eigenvalue weighted by atomic mass is 35.5. The summed E-state index contributed by atoms with van der Waals surface area (Å²) in [5.74, 6) is 0.563. The molecule has 0 unspecified atom stereocenters. The van der Waals surface area contributed by atoms with Crippen molar-refractivity contribution >= 4 is 38.0 Å². The molecule has 1 atom stereocenters. The lowest BCUT2D eigenvalue weighted by molar-refractivity contribution is 0.118. The SMILES string of the molecule is C[C@]1(N2CCN(c3cc4c(cnn4-c4cnn(C5CC5)c4)cc3Cl)CC2)CCS(=O)(=O)C1. The van der Waals surface area contributed by atoms with Crippen LogP contribution in [0.4, 0.5) is 5.69 Å². The molecular weight excluding hydrogens is 448 g/mol. The highest BCUT2D eigenvalue weighted by molar-refractivity contribution is 7.91. The molecule has 6 rings (SSSR count). The number of anilines is 1. The zero-order chi connectivity index (χ0) is 22.1. The van der Waals surface area contributed by atoms with Gasteiger partial charge in [0.1, 0.15) is 5.69 Å². The smallest absolute Gasteiger partial charge is 0.152 e. The monoisotopic (exact) mass is 474 g/mol. The van der Waals surface area contributed by atoms with Crippen LogP contribution in [0.25, 0.3) is 16.6 Å². The number of sulfone groups is 1. The number of hydrogen-bond donors (Lipinski definition) is 0. The maximum Gasteiger partial charge on any atom is 0.152 e. The molecule has 0 amide bonds. The average molecular weight is 475 g/mol. The fourth-order valence-corrected chi connectivity index (χ4v) is 7.65. The number of nitrogens with zero attached hydrogens (tertiary/aromatic N) is 6. The maximum absolute atomic E-state index is 12.0. The molecule has 2 aliphatic heterocycles. The Morgan fingerprint density at radius 2 is 1.88 bits per heavy atom. The van der Waals surface area contributed by atoms with Crippen molar-refractivity contribution in [3.63, 3.8) is 0 Å². The lowest BCUT2D eigenvalue weighted by atomic mass is 9.98. The standard InChI is InChI=1S/C22H27ClN6O2S/c1-22(4-9-32(30,31)15-22)27-7-5-26(6-8-27)21-11-20-16(10-19(21)23)12-25-29(20)18-13-24-28(14-18)17-2-3-17/h10-14,17H,2-9,15H2,1H3/t22-/m0/s1. The summed E-state index contributed by atoms with van der Waals surface area (Å²) in [6.45, 7) is 5.37. The largest absolute Gasteiger partial charge is 0.368 e. The summed E-state index contributed by atoms with van der Waals surface area (Å²) in [6.07, 6.45) is 8.88. The molecule has 0 bridgehead atoms. The molecule has 8 nitrogen and oxygen atoms in total. The van der Waals surface area contributed by atoms with E-state index in [4.69, 9.17) is 11.6 Å². The van der Waals surface area contributed by atoms with Crippen molar-refractivity contribution < 1.29 is 8.42 Å². The van der Waals surface area contributed by atoms with Gasteiger partial charge in [-0.25, -0.2) is 13.1 Å². The number of halogens is 1. The summed E-state index contributed by atoms with van der Waals surface area (Å²) in [7, 11) is -2.92. The lowest BCUT2D eigenvalue weighted by Crippen LogP contribution is -2.56. The number of aromatic nitrogens is 4. The number of rotatable bonds is 4. The normalized spacial score (nSPS) is 26.2. The van der Waals surface area contributed by atoms with Crippen LogP contribution in [0.3, 0.4) is 0 Å². The van der Waals surface area contributed by atoms with Crippen molar-refractivity contribution in [1.29, 1.82) is 0 Å². The lowest BCUT2D eigenvalue weighted by Gasteiger charge is -2.44. The second-order valence-electron chi connectivity index (χ2n) is 9.64. The molecule has 0 N–H and O–H groups in total. The van der Waals surface area contributed by atoms with Crippen LogP contribution in [0, 0.1) is 0 Å². The molecule has 2 aromatic heterocycles. The first-order valence-electron chi connectivity index (χ1n) is 11.2. The Balaban J connectivity index is 1.25. The fraction of sp³-hybridized carbons (Fsp3) is 0.545. The van der Waals surface area contributed by atoms with Crippen molar-refractivity contribution in [1.82, 2.24) is 24.5 Å². The number of fused-ring (bicyclic) bond motifs is 1. The minimum absolute atomic E-state index is 0.251. The van der Waals surface area contributed by atoms with E-state index in [0.29, 0.717) is 16.8 Å². The van der Waals surface area contributed by atoms with E-state index in [1.807, 2.05) is 27.8 Å². The predicted molar refractivity (Wildman–Crippen MR) is 126 cm³/mol. The van der Waals surface area contributed by atoms with Gasteiger partial charge in [0.2, 0.25) is 0 Å². The van der Waals surface area contributed by atoms with Gasteiger partial charge in [-0.05, 0) is 38.3 Å². The van der Waals surface area contributed by atoms with Crippen molar-refractivity contribution in [2.24, 2.45) is 0 Å². The van der Waals surface area contributed by atoms with E-state index in [0.717, 1.165) is 54.9 Å². The molecule has 32 heavy (non-hydrogen) atoms. The van der Waals surface area contributed by atoms with Gasteiger partial charge >= 0.3 is 0 Å². The van der Waals surface area contributed by atoms with Gasteiger partial charge in [-0.2, -0.15) is 10.2 Å². The minimum atomic E-state index is -2.92. The van der Waals surface area contributed by atoms with Crippen LogP contribution < -0.4 is 4.90 Å². The second-order valence-corrected chi connectivity index (χ2v) is 12.2. The summed E-state index contributed by atoms with van der Waals surface area (Å²) >= 11 is 6.69. The first kappa shape index (κ1) is 20.5. The zero-order valence-corrected chi connectivity index (χ0v) is 19.7. The van der Waals surface area contributed by atoms with Crippen LogP contribution >= 0.6 is 11.6 Å². The molecule has 1 saturated carbocycles. The Morgan fingerprint density at radius 1 is 1.09 bits per heavy atom. The minimum Gasteiger partial charge on any atom is -0.368 e. The Labute approximate surface area is 192 Å². The van der Waals surface area contributed by atoms with E-state index in [1.165, 1.54) is 12.8 Å². The van der Waals surface area contributed by atoms with Gasteiger partial charge in [0.15, 0.2) is 9.84 Å². The molecule has 3 aliphatic rings. The highest BCUT2D eigenvalue weighted by Crippen LogP contribution is 2.36. The van der Waals surface area contributed by atoms with Crippen LogP contribution in [0.5, 0.6) is 0 Å². The van der Waals surface area contributed by atoms with Gasteiger partial charge in [-0.3, -0.25) is 9.58 Å². The third-order valence-electron chi connectivity index (χ3n) is 7.26. The van der Waals surface area contributed by atoms with Gasteiger partial charge in [0.05, 0.1) is 52.4 Å². The molecule has 2 saturated heterocycles. The van der Waals surface area contributed by atoms with Crippen LogP contribution in [0.15, 0.2) is 30.7 Å². The molecule has 170 valence electrons. The highest BCUT2D eigenvalue weighted by Gasteiger charge is 2.43. The average Bonchev–Trinajstić information content (AvgIpc) is 3.23. The first-order valence-corrected chi connectivity index (χ1v) is 13.4. The third kappa shape index (κ3) is 3.50. The van der Waals surface area contributed by atoms with E-state index in [2.05, 4.69) is 39.2 Å². The Morgan fingerprint density at radius 3 is 2.56 bits per heavy atom. The molecule has 10 heteroatoms. The molecule has 0 radical (unpaired) electrons. The summed E-state index contributed by atoms with van der Waals surface area (Å²) < 4.78 is 28.0. The molecule has 1 aromatic carbocycles. The topological polar surface area (TPSA) is 76.3 Å². The summed E-state index contributed by atoms with van der Waals surface area (Å²) in [6, 6.07) is 4.64. The van der Waals surface area contributed by atoms with Crippen LogP contribution in [-0.2, 0) is 9.84 Å². The van der Waals surface area contributed by atoms with Crippen molar-refractivity contribution in [3.8, 4) is 5.69 Å². The number of hydrogen-bond acceptors (Lipinski definition) is 6. The van der Waals surface area contributed by atoms with Crippen molar-refractivity contribution in [3.05, 3.63) is 35.7 Å². The Bertz CT molecular complexity index is 1290. The van der Waals surface area contributed by atoms with Crippen LogP contribution in [0.1, 0.15) is 32.2 Å². The molecule has 0 spiro atoms. The van der Waals surface area contributed by atoms with E-state index in [9.17, 15) is 8.42 Å². The van der Waals surface area contributed by atoms with Crippen molar-refractivity contribution in [2.75, 3.05) is 42.6 Å². The van der Waals surface area contributed by atoms with Crippen molar-refractivity contribution in [2.45, 2.75) is 37.8 Å². The number of piperazine rings is 1. The van der Waals surface area contributed by atoms with Crippen LogP contribution in [0.2, 0.25) is 5.02 Å². The van der Waals surface area contributed by atoms with Gasteiger partial charge in [-0.15, -0.1) is 0 Å². The molecule has 1 aliphatic carbocycles. The van der Waals surface area contributed by atoms with Crippen LogP contribution in [-0.4, -0.2) is 76.1 Å². The van der Waals surface area contributed by atoms with E-state index in [1.54, 1.807) is 0 Å². The summed E-state index contributed by atoms with van der Waals surface area (Å²) in [4.78, 5) is 4.65. The van der Waals surface area contributed by atoms with E-state index >= 15 is 0 Å². The molecular formula is C22H27ClN6O2S. The van der Waals surface area contributed by atoms with Gasteiger partial charge in [0, 0.05) is 37.1 Å². The van der Waals surface area contributed by atoms with E-state index in [-0.39, 0.29) is 11.3 Å². The zero-order valence-electron chi connectivity index (χ0n) is 18.1. The van der Waals surface area contributed by atoms with Gasteiger partial charge in [-0.1, -0.05) is 11.6 Å². The predicted octanol–water partition coefficient (Wildman–Crippen LogP) is 2.91. The molecule has 3 fully saturated rings. The maximum atomic E-state index is 12.0. The molecule has 4 heterocycles. The Hall–Kier alpha value is -2.10. The van der Waals surface area contributed by atoms with Gasteiger partial charge in [0.25, 0.3) is 0 Å². The summed E-state index contributed by atoms with van der Waals surface area (Å²) in [5.41, 5.74) is 2.72. The third-order valence-corrected chi connectivity index (χ3v) is 9.45. The fourth-order valence-electron chi connectivity index (χ4n) is 5.19. The van der Waals surface area contributed by atoms with E-state index < -0.39 is 9.84 Å². The number of benzene rings is 1. The quantitative estimate of drug-likeness (QED) is 0.578. The Kier molecular flexibility index (Phi) is 4.61. The second kappa shape index (κ2) is 7.20.